The zero-order valence-corrected chi connectivity index (χ0v) is 12.5. The molecule has 2 rings (SSSR count). The van der Waals surface area contributed by atoms with Crippen LogP contribution >= 0.6 is 15.9 Å². The summed E-state index contributed by atoms with van der Waals surface area (Å²) in [5.74, 6) is -2.22. The summed E-state index contributed by atoms with van der Waals surface area (Å²) in [6.45, 7) is 0.198. The van der Waals surface area contributed by atoms with Crippen molar-refractivity contribution in [2.45, 2.75) is 12.0 Å². The maximum Gasteiger partial charge on any atom is 0.331 e. The lowest BCUT2D eigenvalue weighted by molar-refractivity contribution is -0.147. The number of carbonyl (C=O) groups is 2. The zero-order chi connectivity index (χ0) is 15.5. The molecule has 1 heterocycles. The van der Waals surface area contributed by atoms with Gasteiger partial charge < -0.3 is 15.2 Å². The van der Waals surface area contributed by atoms with Gasteiger partial charge in [-0.3, -0.25) is 4.79 Å². The third kappa shape index (κ3) is 3.68. The van der Waals surface area contributed by atoms with Crippen molar-refractivity contribution in [3.8, 4) is 0 Å². The first-order valence-corrected chi connectivity index (χ1v) is 6.99. The van der Waals surface area contributed by atoms with Crippen molar-refractivity contribution in [3.63, 3.8) is 0 Å². The maximum absolute atomic E-state index is 13.5. The SMILES string of the molecule is O=C(C=Cc1cc(Br)ccc1F)NC1(C(=O)O)CCOC1. The number of rotatable bonds is 4. The lowest BCUT2D eigenvalue weighted by atomic mass is 9.99. The minimum Gasteiger partial charge on any atom is -0.479 e. The van der Waals surface area contributed by atoms with E-state index in [-0.39, 0.29) is 25.2 Å². The molecule has 112 valence electrons. The van der Waals surface area contributed by atoms with Gasteiger partial charge in [0.1, 0.15) is 5.82 Å². The van der Waals surface area contributed by atoms with Gasteiger partial charge in [0, 0.05) is 29.1 Å². The van der Waals surface area contributed by atoms with E-state index in [4.69, 9.17) is 4.74 Å². The second-order valence-electron chi connectivity index (χ2n) is 4.68. The molecular formula is C14H13BrFNO4. The highest BCUT2D eigenvalue weighted by Gasteiger charge is 2.43. The molecule has 1 atom stereocenters. The summed E-state index contributed by atoms with van der Waals surface area (Å²) in [5.41, 5.74) is -1.18. The predicted octanol–water partition coefficient (Wildman–Crippen LogP) is 1.96. The number of hydrogen-bond acceptors (Lipinski definition) is 3. The molecule has 1 saturated heterocycles. The van der Waals surface area contributed by atoms with E-state index in [1.165, 1.54) is 18.2 Å². The van der Waals surface area contributed by atoms with E-state index in [1.54, 1.807) is 6.07 Å². The van der Waals surface area contributed by atoms with Crippen molar-refractivity contribution < 1.29 is 23.8 Å². The van der Waals surface area contributed by atoms with Gasteiger partial charge in [-0.05, 0) is 24.3 Å². The van der Waals surface area contributed by atoms with Crippen LogP contribution in [0.25, 0.3) is 6.08 Å². The van der Waals surface area contributed by atoms with Crippen molar-refractivity contribution in [3.05, 3.63) is 40.1 Å². The Balaban J connectivity index is 2.09. The lowest BCUT2D eigenvalue weighted by Gasteiger charge is -2.22. The van der Waals surface area contributed by atoms with Crippen molar-refractivity contribution in [2.24, 2.45) is 0 Å². The second-order valence-corrected chi connectivity index (χ2v) is 5.59. The van der Waals surface area contributed by atoms with Gasteiger partial charge in [-0.1, -0.05) is 15.9 Å². The van der Waals surface area contributed by atoms with Crippen LogP contribution in [-0.2, 0) is 14.3 Å². The number of carboxylic acids is 1. The normalized spacial score (nSPS) is 21.6. The predicted molar refractivity (Wildman–Crippen MR) is 77.1 cm³/mol. The summed E-state index contributed by atoms with van der Waals surface area (Å²) in [7, 11) is 0. The number of halogens is 2. The van der Waals surface area contributed by atoms with Crippen LogP contribution in [0.1, 0.15) is 12.0 Å². The fourth-order valence-electron chi connectivity index (χ4n) is 1.97. The summed E-state index contributed by atoms with van der Waals surface area (Å²) in [6.07, 6.45) is 2.60. The average molecular weight is 358 g/mol. The van der Waals surface area contributed by atoms with Crippen molar-refractivity contribution in [2.75, 3.05) is 13.2 Å². The molecule has 5 nitrogen and oxygen atoms in total. The minimum absolute atomic E-state index is 0.0762. The largest absolute Gasteiger partial charge is 0.479 e. The van der Waals surface area contributed by atoms with Crippen LogP contribution in [0, 0.1) is 5.82 Å². The summed E-state index contributed by atoms with van der Waals surface area (Å²) in [5, 5.41) is 11.6. The van der Waals surface area contributed by atoms with Crippen molar-refractivity contribution in [1.29, 1.82) is 0 Å². The summed E-state index contributed by atoms with van der Waals surface area (Å²) >= 11 is 3.21. The van der Waals surface area contributed by atoms with Crippen LogP contribution in [0.4, 0.5) is 4.39 Å². The first kappa shape index (κ1) is 15.7. The van der Waals surface area contributed by atoms with Crippen LogP contribution < -0.4 is 5.32 Å². The van der Waals surface area contributed by atoms with Gasteiger partial charge in [0.05, 0.1) is 6.61 Å². The first-order valence-electron chi connectivity index (χ1n) is 6.19. The smallest absolute Gasteiger partial charge is 0.331 e. The van der Waals surface area contributed by atoms with Gasteiger partial charge in [-0.15, -0.1) is 0 Å². The van der Waals surface area contributed by atoms with Crippen LogP contribution in [-0.4, -0.2) is 35.7 Å². The highest BCUT2D eigenvalue weighted by atomic mass is 79.9. The fourth-order valence-corrected chi connectivity index (χ4v) is 2.35. The van der Waals surface area contributed by atoms with E-state index in [1.807, 2.05) is 0 Å². The van der Waals surface area contributed by atoms with Gasteiger partial charge in [0.15, 0.2) is 5.54 Å². The quantitative estimate of drug-likeness (QED) is 0.807. The van der Waals surface area contributed by atoms with E-state index >= 15 is 0 Å². The van der Waals surface area contributed by atoms with E-state index in [9.17, 15) is 19.1 Å². The fraction of sp³-hybridized carbons (Fsp3) is 0.286. The second kappa shape index (κ2) is 6.36. The van der Waals surface area contributed by atoms with Gasteiger partial charge in [-0.25, -0.2) is 9.18 Å². The van der Waals surface area contributed by atoms with Crippen LogP contribution in [0.15, 0.2) is 28.7 Å². The van der Waals surface area contributed by atoms with Gasteiger partial charge in [0.25, 0.3) is 0 Å². The molecule has 1 aliphatic rings. The number of benzene rings is 1. The van der Waals surface area contributed by atoms with Crippen LogP contribution in [0.2, 0.25) is 0 Å². The van der Waals surface area contributed by atoms with E-state index < -0.39 is 23.2 Å². The summed E-state index contributed by atoms with van der Waals surface area (Å²) in [6, 6.07) is 4.33. The Bertz CT molecular complexity index is 597. The third-order valence-corrected chi connectivity index (χ3v) is 3.66. The zero-order valence-electron chi connectivity index (χ0n) is 10.9. The van der Waals surface area contributed by atoms with Gasteiger partial charge in [-0.2, -0.15) is 0 Å². The Hall–Kier alpha value is -1.73. The average Bonchev–Trinajstić information content (AvgIpc) is 2.89. The summed E-state index contributed by atoms with van der Waals surface area (Å²) in [4.78, 5) is 23.1. The van der Waals surface area contributed by atoms with E-state index in [0.29, 0.717) is 4.47 Å². The number of aliphatic carboxylic acids is 1. The Morgan fingerprint density at radius 2 is 2.24 bits per heavy atom. The highest BCUT2D eigenvalue weighted by molar-refractivity contribution is 9.10. The number of carboxylic acid groups (broad SMARTS) is 1. The Labute approximate surface area is 128 Å². The number of amides is 1. The van der Waals surface area contributed by atoms with E-state index in [2.05, 4.69) is 21.2 Å². The van der Waals surface area contributed by atoms with Crippen molar-refractivity contribution >= 4 is 33.9 Å². The molecule has 7 heteroatoms. The standard InChI is InChI=1S/C14H13BrFNO4/c15-10-2-3-11(16)9(7-10)1-4-12(18)17-14(13(19)20)5-6-21-8-14/h1-4,7H,5-6,8H2,(H,17,18)(H,19,20). The maximum atomic E-state index is 13.5. The number of ether oxygens (including phenoxy) is 1. The molecule has 21 heavy (non-hydrogen) atoms. The molecule has 0 aromatic heterocycles. The topological polar surface area (TPSA) is 75.6 Å². The Morgan fingerprint density at radius 1 is 1.48 bits per heavy atom. The van der Waals surface area contributed by atoms with Gasteiger partial charge >= 0.3 is 5.97 Å². The van der Waals surface area contributed by atoms with Crippen LogP contribution in [0.5, 0.6) is 0 Å². The number of carbonyl (C=O) groups excluding carboxylic acids is 1. The molecule has 2 N–H and O–H groups in total. The van der Waals surface area contributed by atoms with Crippen LogP contribution in [0.3, 0.4) is 0 Å². The highest BCUT2D eigenvalue weighted by Crippen LogP contribution is 2.20. The summed E-state index contributed by atoms with van der Waals surface area (Å²) < 4.78 is 19.2. The molecule has 1 aliphatic heterocycles. The molecule has 1 amide bonds. The Kier molecular flexibility index (Phi) is 4.74. The van der Waals surface area contributed by atoms with Gasteiger partial charge in [0.2, 0.25) is 5.91 Å². The molecule has 1 aromatic rings. The Morgan fingerprint density at radius 3 is 2.86 bits per heavy atom. The molecule has 0 spiro atoms. The first-order chi connectivity index (χ1) is 9.93. The number of nitrogens with one attached hydrogen (secondary N) is 1. The lowest BCUT2D eigenvalue weighted by Crippen LogP contribution is -2.54. The molecular weight excluding hydrogens is 345 g/mol. The molecule has 0 bridgehead atoms. The van der Waals surface area contributed by atoms with Crippen molar-refractivity contribution in [1.82, 2.24) is 5.32 Å². The molecule has 1 unspecified atom stereocenters. The molecule has 0 saturated carbocycles. The minimum atomic E-state index is -1.41. The van der Waals surface area contributed by atoms with E-state index in [0.717, 1.165) is 6.08 Å². The third-order valence-electron chi connectivity index (χ3n) is 3.17. The molecule has 0 aliphatic carbocycles. The molecule has 1 fully saturated rings. The molecule has 1 aromatic carbocycles. The monoisotopic (exact) mass is 357 g/mol. The number of hydrogen-bond donors (Lipinski definition) is 2. The molecule has 0 radical (unpaired) electrons.